The molecule has 0 bridgehead atoms. The first-order chi connectivity index (χ1) is 6.33. The first-order valence-corrected chi connectivity index (χ1v) is 3.78. The Morgan fingerprint density at radius 2 is 2.54 bits per heavy atom. The molecule has 5 nitrogen and oxygen atoms in total. The number of carbonyl (C=O) groups excluding carboxylic acids is 1. The van der Waals surface area contributed by atoms with Gasteiger partial charge < -0.3 is 11.1 Å². The van der Waals surface area contributed by atoms with E-state index in [9.17, 15) is 4.79 Å². The highest BCUT2D eigenvalue weighted by Gasteiger charge is 1.96. The number of nitrogens with two attached hydrogens (primary N) is 1. The van der Waals surface area contributed by atoms with Gasteiger partial charge in [0.2, 0.25) is 5.91 Å². The smallest absolute Gasteiger partial charge is 0.249 e. The summed E-state index contributed by atoms with van der Waals surface area (Å²) in [5.74, 6) is 0.167. The summed E-state index contributed by atoms with van der Waals surface area (Å²) < 4.78 is 0. The van der Waals surface area contributed by atoms with Crippen molar-refractivity contribution >= 4 is 11.7 Å². The van der Waals surface area contributed by atoms with Crippen molar-refractivity contribution in [1.82, 2.24) is 10.2 Å². The van der Waals surface area contributed by atoms with E-state index in [-0.39, 0.29) is 5.91 Å². The summed E-state index contributed by atoms with van der Waals surface area (Å²) in [6.45, 7) is 0.341. The number of nitrogens with one attached hydrogen (secondary N) is 1. The first kappa shape index (κ1) is 9.34. The van der Waals surface area contributed by atoms with Gasteiger partial charge in [-0.15, -0.1) is 5.10 Å². The minimum Gasteiger partial charge on any atom is -0.327 e. The topological polar surface area (TPSA) is 80.9 Å². The molecular formula is C8H10N4O. The fraction of sp³-hybridized carbons (Fsp3) is 0.125. The summed E-state index contributed by atoms with van der Waals surface area (Å²) in [5, 5.41) is 9.81. The normalized spacial score (nSPS) is 10.2. The number of anilines is 1. The number of aromatic nitrogens is 2. The molecule has 0 spiro atoms. The zero-order chi connectivity index (χ0) is 9.52. The third-order valence-corrected chi connectivity index (χ3v) is 1.23. The van der Waals surface area contributed by atoms with Gasteiger partial charge in [0.05, 0.1) is 0 Å². The highest BCUT2D eigenvalue weighted by Crippen LogP contribution is 1.97. The van der Waals surface area contributed by atoms with Crippen LogP contribution in [0.4, 0.5) is 5.82 Å². The molecule has 1 aromatic heterocycles. The fourth-order valence-corrected chi connectivity index (χ4v) is 0.711. The van der Waals surface area contributed by atoms with Crippen molar-refractivity contribution in [2.24, 2.45) is 5.73 Å². The van der Waals surface area contributed by atoms with E-state index in [0.29, 0.717) is 12.4 Å². The van der Waals surface area contributed by atoms with Crippen LogP contribution in [0.3, 0.4) is 0 Å². The molecule has 0 unspecified atom stereocenters. The summed E-state index contributed by atoms with van der Waals surface area (Å²) >= 11 is 0. The Balaban J connectivity index is 2.50. The molecule has 1 aromatic rings. The van der Waals surface area contributed by atoms with Gasteiger partial charge in [-0.1, -0.05) is 6.08 Å². The van der Waals surface area contributed by atoms with Crippen LogP contribution in [0.15, 0.2) is 30.5 Å². The highest BCUT2D eigenvalue weighted by atomic mass is 16.1. The van der Waals surface area contributed by atoms with Gasteiger partial charge in [0, 0.05) is 18.8 Å². The summed E-state index contributed by atoms with van der Waals surface area (Å²) in [6.07, 6.45) is 4.45. The molecule has 0 aromatic carbocycles. The third-order valence-electron chi connectivity index (χ3n) is 1.23. The molecule has 1 amide bonds. The Morgan fingerprint density at radius 3 is 3.15 bits per heavy atom. The van der Waals surface area contributed by atoms with Crippen molar-refractivity contribution in [1.29, 1.82) is 0 Å². The molecule has 0 fully saturated rings. The van der Waals surface area contributed by atoms with Gasteiger partial charge >= 0.3 is 0 Å². The molecule has 13 heavy (non-hydrogen) atoms. The Morgan fingerprint density at radius 1 is 1.69 bits per heavy atom. The third kappa shape index (κ3) is 3.44. The standard InChI is InChI=1S/C8H10N4O/c9-5-1-4-8(13)11-7-3-2-6-10-12-7/h1-4,6H,5,9H2,(H,11,12,13)/b4-1+. The van der Waals surface area contributed by atoms with E-state index < -0.39 is 0 Å². The molecule has 0 saturated carbocycles. The van der Waals surface area contributed by atoms with Crippen LogP contribution in [0.1, 0.15) is 0 Å². The Labute approximate surface area is 75.7 Å². The number of nitrogens with zero attached hydrogens (tertiary/aromatic N) is 2. The minimum atomic E-state index is -0.258. The molecule has 1 rings (SSSR count). The number of hydrogen-bond acceptors (Lipinski definition) is 4. The van der Waals surface area contributed by atoms with Gasteiger partial charge in [0.25, 0.3) is 0 Å². The second-order valence-electron chi connectivity index (χ2n) is 2.24. The summed E-state index contributed by atoms with van der Waals surface area (Å²) in [7, 11) is 0. The van der Waals surface area contributed by atoms with Crippen LogP contribution >= 0.6 is 0 Å². The quantitative estimate of drug-likeness (QED) is 0.635. The van der Waals surface area contributed by atoms with E-state index in [0.717, 1.165) is 0 Å². The van der Waals surface area contributed by atoms with E-state index >= 15 is 0 Å². The predicted octanol–water partition coefficient (Wildman–Crippen LogP) is -0.0700. The second-order valence-corrected chi connectivity index (χ2v) is 2.24. The van der Waals surface area contributed by atoms with Crippen LogP contribution < -0.4 is 11.1 Å². The molecule has 0 aliphatic rings. The van der Waals surface area contributed by atoms with Crippen molar-refractivity contribution in [3.05, 3.63) is 30.5 Å². The van der Waals surface area contributed by atoms with Gasteiger partial charge in [-0.3, -0.25) is 4.79 Å². The summed E-state index contributed by atoms with van der Waals surface area (Å²) in [6, 6.07) is 3.34. The molecule has 1 heterocycles. The lowest BCUT2D eigenvalue weighted by Crippen LogP contribution is -2.10. The van der Waals surface area contributed by atoms with E-state index in [4.69, 9.17) is 5.73 Å². The molecule has 0 radical (unpaired) electrons. The zero-order valence-electron chi connectivity index (χ0n) is 6.97. The Bertz CT molecular complexity index is 296. The van der Waals surface area contributed by atoms with Crippen molar-refractivity contribution < 1.29 is 4.79 Å². The van der Waals surface area contributed by atoms with E-state index in [2.05, 4.69) is 15.5 Å². The van der Waals surface area contributed by atoms with Gasteiger partial charge in [0.1, 0.15) is 0 Å². The average Bonchev–Trinajstić information content (AvgIpc) is 2.16. The van der Waals surface area contributed by atoms with Crippen LogP contribution in [0, 0.1) is 0 Å². The summed E-state index contributed by atoms with van der Waals surface area (Å²) in [5.41, 5.74) is 5.18. The maximum Gasteiger partial charge on any atom is 0.249 e. The SMILES string of the molecule is NC/C=C/C(=O)Nc1cccnn1. The summed E-state index contributed by atoms with van der Waals surface area (Å²) in [4.78, 5) is 11.1. The van der Waals surface area contributed by atoms with Crippen LogP contribution in [-0.2, 0) is 4.79 Å². The van der Waals surface area contributed by atoms with E-state index in [1.54, 1.807) is 18.2 Å². The number of carbonyl (C=O) groups is 1. The molecule has 5 heteroatoms. The lowest BCUT2D eigenvalue weighted by molar-refractivity contribution is -0.111. The van der Waals surface area contributed by atoms with E-state index in [1.165, 1.54) is 12.3 Å². The maximum atomic E-state index is 11.1. The molecule has 0 aliphatic carbocycles. The number of rotatable bonds is 3. The number of hydrogen-bond donors (Lipinski definition) is 2. The predicted molar refractivity (Wildman–Crippen MR) is 48.9 cm³/mol. The largest absolute Gasteiger partial charge is 0.327 e. The number of amides is 1. The monoisotopic (exact) mass is 178 g/mol. The Kier molecular flexibility index (Phi) is 3.59. The van der Waals surface area contributed by atoms with Gasteiger partial charge in [-0.05, 0) is 12.1 Å². The van der Waals surface area contributed by atoms with Crippen molar-refractivity contribution in [3.8, 4) is 0 Å². The fourth-order valence-electron chi connectivity index (χ4n) is 0.711. The van der Waals surface area contributed by atoms with Crippen LogP contribution in [0.5, 0.6) is 0 Å². The molecular weight excluding hydrogens is 168 g/mol. The highest BCUT2D eigenvalue weighted by molar-refractivity contribution is 5.98. The van der Waals surface area contributed by atoms with Crippen LogP contribution in [0.2, 0.25) is 0 Å². The maximum absolute atomic E-state index is 11.1. The molecule has 0 saturated heterocycles. The van der Waals surface area contributed by atoms with Gasteiger partial charge in [0.15, 0.2) is 5.82 Å². The lowest BCUT2D eigenvalue weighted by atomic mass is 10.4. The van der Waals surface area contributed by atoms with Crippen LogP contribution in [-0.4, -0.2) is 22.6 Å². The van der Waals surface area contributed by atoms with Gasteiger partial charge in [-0.2, -0.15) is 5.10 Å². The van der Waals surface area contributed by atoms with Crippen molar-refractivity contribution in [2.75, 3.05) is 11.9 Å². The van der Waals surface area contributed by atoms with E-state index in [1.807, 2.05) is 0 Å². The van der Waals surface area contributed by atoms with Crippen LogP contribution in [0.25, 0.3) is 0 Å². The average molecular weight is 178 g/mol. The molecule has 3 N–H and O–H groups in total. The van der Waals surface area contributed by atoms with Gasteiger partial charge in [-0.25, -0.2) is 0 Å². The second kappa shape index (κ2) is 5.00. The first-order valence-electron chi connectivity index (χ1n) is 3.78. The molecule has 68 valence electrons. The zero-order valence-corrected chi connectivity index (χ0v) is 6.97. The Hall–Kier alpha value is -1.75. The molecule has 0 atom stereocenters. The lowest BCUT2D eigenvalue weighted by Gasteiger charge is -1.97. The van der Waals surface area contributed by atoms with Crippen molar-refractivity contribution in [2.45, 2.75) is 0 Å². The van der Waals surface area contributed by atoms with Crippen molar-refractivity contribution in [3.63, 3.8) is 0 Å². The minimum absolute atomic E-state index is 0.258. The molecule has 0 aliphatic heterocycles.